The lowest BCUT2D eigenvalue weighted by molar-refractivity contribution is -0.126. The van der Waals surface area contributed by atoms with Crippen LogP contribution in [0.15, 0.2) is 29.2 Å². The zero-order valence-corrected chi connectivity index (χ0v) is 14.4. The maximum Gasteiger partial charge on any atom is 0.226 e. The molecule has 1 amide bonds. The third-order valence-electron chi connectivity index (χ3n) is 4.20. The molecule has 2 aromatic heterocycles. The van der Waals surface area contributed by atoms with Gasteiger partial charge in [-0.25, -0.2) is 0 Å². The molecule has 0 aliphatic carbocycles. The van der Waals surface area contributed by atoms with Crippen LogP contribution in [0.2, 0.25) is 0 Å². The van der Waals surface area contributed by atoms with E-state index in [0.717, 1.165) is 18.4 Å². The van der Waals surface area contributed by atoms with Crippen molar-refractivity contribution in [3.63, 3.8) is 0 Å². The van der Waals surface area contributed by atoms with E-state index in [0.29, 0.717) is 19.2 Å². The van der Waals surface area contributed by atoms with Gasteiger partial charge in [0.1, 0.15) is 0 Å². The van der Waals surface area contributed by atoms with Crippen LogP contribution in [0, 0.1) is 5.92 Å². The summed E-state index contributed by atoms with van der Waals surface area (Å²) in [5, 5.41) is 11.6. The molecule has 23 heavy (non-hydrogen) atoms. The Morgan fingerprint density at radius 2 is 2.43 bits per heavy atom. The maximum absolute atomic E-state index is 12.5. The molecule has 3 heterocycles. The molecule has 0 saturated carbocycles. The molecule has 0 radical (unpaired) electrons. The third-order valence-corrected chi connectivity index (χ3v) is 4.93. The first-order valence-corrected chi connectivity index (χ1v) is 9.04. The van der Waals surface area contributed by atoms with E-state index >= 15 is 0 Å². The van der Waals surface area contributed by atoms with E-state index in [2.05, 4.69) is 41.1 Å². The molecule has 0 unspecified atom stereocenters. The van der Waals surface area contributed by atoms with Crippen LogP contribution in [-0.4, -0.2) is 28.8 Å². The fourth-order valence-electron chi connectivity index (χ4n) is 2.86. The van der Waals surface area contributed by atoms with E-state index in [1.807, 2.05) is 17.1 Å². The summed E-state index contributed by atoms with van der Waals surface area (Å²) >= 11 is 1.68. The van der Waals surface area contributed by atoms with Gasteiger partial charge in [0.2, 0.25) is 5.91 Å². The van der Waals surface area contributed by atoms with Crippen molar-refractivity contribution in [1.82, 2.24) is 15.1 Å². The van der Waals surface area contributed by atoms with Crippen molar-refractivity contribution < 1.29 is 9.53 Å². The highest BCUT2D eigenvalue weighted by molar-refractivity contribution is 7.07. The average molecular weight is 333 g/mol. The summed E-state index contributed by atoms with van der Waals surface area (Å²) in [4.78, 5) is 12.5. The second kappa shape index (κ2) is 7.27. The van der Waals surface area contributed by atoms with Crippen LogP contribution in [0.3, 0.4) is 0 Å². The number of aromatic nitrogens is 2. The predicted octanol–water partition coefficient (Wildman–Crippen LogP) is 2.96. The van der Waals surface area contributed by atoms with Gasteiger partial charge in [-0.2, -0.15) is 16.4 Å². The third kappa shape index (κ3) is 3.82. The Balaban J connectivity index is 1.57. The second-order valence-corrected chi connectivity index (χ2v) is 6.99. The van der Waals surface area contributed by atoms with Crippen LogP contribution >= 0.6 is 11.3 Å². The first-order chi connectivity index (χ1) is 11.1. The summed E-state index contributed by atoms with van der Waals surface area (Å²) < 4.78 is 7.71. The molecule has 1 fully saturated rings. The quantitative estimate of drug-likeness (QED) is 0.884. The number of amides is 1. The first-order valence-electron chi connectivity index (χ1n) is 8.09. The van der Waals surface area contributed by atoms with Crippen LogP contribution in [-0.2, 0) is 16.0 Å². The predicted molar refractivity (Wildman–Crippen MR) is 90.4 cm³/mol. The molecular formula is C17H23N3O2S. The van der Waals surface area contributed by atoms with Gasteiger partial charge in [-0.05, 0) is 49.1 Å². The SMILES string of the molecule is CC(C)n1cc([C@H]2OCC[C@@H]2C(=O)NCCc2ccsc2)cn1. The van der Waals surface area contributed by atoms with E-state index in [9.17, 15) is 4.79 Å². The van der Waals surface area contributed by atoms with Crippen molar-refractivity contribution >= 4 is 17.2 Å². The molecule has 6 heteroatoms. The van der Waals surface area contributed by atoms with E-state index in [1.165, 1.54) is 5.56 Å². The average Bonchev–Trinajstić information content (AvgIpc) is 3.27. The molecule has 2 aromatic rings. The van der Waals surface area contributed by atoms with Crippen molar-refractivity contribution in [1.29, 1.82) is 0 Å². The minimum absolute atomic E-state index is 0.0834. The Kier molecular flexibility index (Phi) is 5.13. The molecule has 1 N–H and O–H groups in total. The van der Waals surface area contributed by atoms with Crippen molar-refractivity contribution in [2.45, 2.75) is 38.8 Å². The Morgan fingerprint density at radius 3 is 3.13 bits per heavy atom. The molecule has 1 saturated heterocycles. The van der Waals surface area contributed by atoms with Gasteiger partial charge >= 0.3 is 0 Å². The molecule has 124 valence electrons. The van der Waals surface area contributed by atoms with Crippen LogP contribution in [0.1, 0.15) is 43.5 Å². The topological polar surface area (TPSA) is 56.1 Å². The number of carbonyl (C=O) groups is 1. The van der Waals surface area contributed by atoms with Crippen LogP contribution in [0.4, 0.5) is 0 Å². The number of nitrogens with one attached hydrogen (secondary N) is 1. The lowest BCUT2D eigenvalue weighted by Crippen LogP contribution is -2.33. The van der Waals surface area contributed by atoms with E-state index in [4.69, 9.17) is 4.74 Å². The highest BCUT2D eigenvalue weighted by Crippen LogP contribution is 2.34. The van der Waals surface area contributed by atoms with Gasteiger partial charge in [-0.1, -0.05) is 0 Å². The summed E-state index contributed by atoms with van der Waals surface area (Å²) in [7, 11) is 0. The van der Waals surface area contributed by atoms with Crippen molar-refractivity contribution in [2.24, 2.45) is 5.92 Å². The van der Waals surface area contributed by atoms with Gasteiger partial charge in [0.15, 0.2) is 0 Å². The van der Waals surface area contributed by atoms with E-state index in [1.54, 1.807) is 11.3 Å². The molecule has 1 aliphatic heterocycles. The number of nitrogens with zero attached hydrogens (tertiary/aromatic N) is 2. The zero-order valence-electron chi connectivity index (χ0n) is 13.6. The van der Waals surface area contributed by atoms with Gasteiger partial charge in [0.05, 0.1) is 18.2 Å². The standard InChI is InChI=1S/C17H23N3O2S/c1-12(2)20-10-14(9-19-20)16-15(4-7-22-16)17(21)18-6-3-13-5-8-23-11-13/h5,8-12,15-16H,3-4,6-7H2,1-2H3,(H,18,21)/t15-,16+/m0/s1. The number of thiophene rings is 1. The number of hydrogen-bond donors (Lipinski definition) is 1. The van der Waals surface area contributed by atoms with E-state index in [-0.39, 0.29) is 17.9 Å². The lowest BCUT2D eigenvalue weighted by Gasteiger charge is -2.17. The van der Waals surface area contributed by atoms with Crippen LogP contribution in [0.25, 0.3) is 0 Å². The normalized spacial score (nSPS) is 21.0. The fourth-order valence-corrected chi connectivity index (χ4v) is 3.57. The number of carbonyl (C=O) groups excluding carboxylic acids is 1. The molecule has 0 bridgehead atoms. The summed E-state index contributed by atoms with van der Waals surface area (Å²) in [6.07, 6.45) is 5.28. The summed E-state index contributed by atoms with van der Waals surface area (Å²) in [5.74, 6) is -0.0395. The minimum atomic E-state index is -0.177. The number of hydrogen-bond acceptors (Lipinski definition) is 4. The highest BCUT2D eigenvalue weighted by Gasteiger charge is 2.35. The first kappa shape index (κ1) is 16.2. The molecule has 3 rings (SSSR count). The monoisotopic (exact) mass is 333 g/mol. The number of ether oxygens (including phenoxy) is 1. The number of rotatable bonds is 6. The maximum atomic E-state index is 12.5. The molecule has 0 aromatic carbocycles. The summed E-state index contributed by atoms with van der Waals surface area (Å²) in [5.41, 5.74) is 2.27. The van der Waals surface area contributed by atoms with Gasteiger partial charge in [0.25, 0.3) is 0 Å². The van der Waals surface area contributed by atoms with Crippen molar-refractivity contribution in [3.05, 3.63) is 40.3 Å². The smallest absolute Gasteiger partial charge is 0.226 e. The highest BCUT2D eigenvalue weighted by atomic mass is 32.1. The van der Waals surface area contributed by atoms with Gasteiger partial charge in [-0.3, -0.25) is 9.48 Å². The van der Waals surface area contributed by atoms with Gasteiger partial charge < -0.3 is 10.1 Å². The molecular weight excluding hydrogens is 310 g/mol. The van der Waals surface area contributed by atoms with Crippen LogP contribution in [0.5, 0.6) is 0 Å². The second-order valence-electron chi connectivity index (χ2n) is 6.21. The van der Waals surface area contributed by atoms with Crippen molar-refractivity contribution in [3.8, 4) is 0 Å². The lowest BCUT2D eigenvalue weighted by atomic mass is 9.96. The van der Waals surface area contributed by atoms with Gasteiger partial charge in [0, 0.05) is 31.0 Å². The van der Waals surface area contributed by atoms with Crippen molar-refractivity contribution in [2.75, 3.05) is 13.2 Å². The summed E-state index contributed by atoms with van der Waals surface area (Å²) in [6.45, 7) is 5.46. The molecule has 2 atom stereocenters. The Morgan fingerprint density at radius 1 is 1.57 bits per heavy atom. The Bertz CT molecular complexity index is 636. The molecule has 1 aliphatic rings. The molecule has 5 nitrogen and oxygen atoms in total. The van der Waals surface area contributed by atoms with E-state index < -0.39 is 0 Å². The minimum Gasteiger partial charge on any atom is -0.373 e. The fraction of sp³-hybridized carbons (Fsp3) is 0.529. The zero-order chi connectivity index (χ0) is 16.2. The molecule has 0 spiro atoms. The van der Waals surface area contributed by atoms with Crippen LogP contribution < -0.4 is 5.32 Å². The largest absolute Gasteiger partial charge is 0.373 e. The Hall–Kier alpha value is -1.66. The summed E-state index contributed by atoms with van der Waals surface area (Å²) in [6, 6.07) is 2.40. The Labute approximate surface area is 140 Å². The van der Waals surface area contributed by atoms with Gasteiger partial charge in [-0.15, -0.1) is 0 Å².